The van der Waals surface area contributed by atoms with Crippen molar-refractivity contribution >= 4 is 16.6 Å². The molecule has 6 N–H and O–H groups in total. The first-order valence-corrected chi connectivity index (χ1v) is 6.51. The highest BCUT2D eigenvalue weighted by molar-refractivity contribution is 5.85. The molecule has 1 unspecified atom stereocenters. The van der Waals surface area contributed by atoms with Crippen molar-refractivity contribution in [2.24, 2.45) is 5.84 Å². The van der Waals surface area contributed by atoms with Crippen LogP contribution in [0.1, 0.15) is 17.2 Å². The van der Waals surface area contributed by atoms with E-state index >= 15 is 0 Å². The predicted octanol–water partition coefficient (Wildman–Crippen LogP) is 1.89. The summed E-state index contributed by atoms with van der Waals surface area (Å²) in [7, 11) is 0. The summed E-state index contributed by atoms with van der Waals surface area (Å²) in [6.07, 6.45) is 2.46. The topological polar surface area (TPSA) is 92.7 Å². The zero-order valence-electron chi connectivity index (χ0n) is 11.0. The number of H-pyrrole nitrogens is 1. The molecule has 0 saturated heterocycles. The third-order valence-electron chi connectivity index (χ3n) is 3.58. The lowest BCUT2D eigenvalue weighted by molar-refractivity contribution is 0.555. The molecule has 3 rings (SSSR count). The monoisotopic (exact) mass is 267 g/mol. The summed E-state index contributed by atoms with van der Waals surface area (Å²) in [5, 5.41) is 9.14. The number of nitrogens with zero attached hydrogens (tertiary/aromatic N) is 1. The Hall–Kier alpha value is -2.37. The molecule has 5 heteroatoms. The molecule has 0 spiro atoms. The van der Waals surface area contributed by atoms with E-state index in [1.54, 1.807) is 6.20 Å². The number of aromatic amines is 1. The summed E-state index contributed by atoms with van der Waals surface area (Å²) in [4.78, 5) is 0. The molecule has 5 nitrogen and oxygen atoms in total. The molecule has 2 aromatic carbocycles. The Bertz CT molecular complexity index is 714. The van der Waals surface area contributed by atoms with Crippen molar-refractivity contribution < 1.29 is 0 Å². The van der Waals surface area contributed by atoms with E-state index in [1.165, 1.54) is 16.3 Å². The predicted molar refractivity (Wildman–Crippen MR) is 80.7 cm³/mol. The van der Waals surface area contributed by atoms with Gasteiger partial charge in [-0.25, -0.2) is 0 Å². The van der Waals surface area contributed by atoms with Crippen LogP contribution in [-0.4, -0.2) is 10.2 Å². The van der Waals surface area contributed by atoms with Crippen LogP contribution in [0.3, 0.4) is 0 Å². The quantitative estimate of drug-likeness (QED) is 0.429. The number of hydrazine groups is 1. The third-order valence-corrected chi connectivity index (χ3v) is 3.58. The van der Waals surface area contributed by atoms with Crippen LogP contribution in [0.15, 0.2) is 48.7 Å². The van der Waals surface area contributed by atoms with Crippen molar-refractivity contribution in [3.05, 3.63) is 59.8 Å². The smallest absolute Gasteiger partial charge is 0.123 e. The van der Waals surface area contributed by atoms with Crippen molar-refractivity contribution in [2.45, 2.75) is 12.5 Å². The van der Waals surface area contributed by atoms with Gasteiger partial charge in [0.25, 0.3) is 0 Å². The second-order valence-corrected chi connectivity index (χ2v) is 4.80. The van der Waals surface area contributed by atoms with Crippen LogP contribution >= 0.6 is 0 Å². The second-order valence-electron chi connectivity index (χ2n) is 4.80. The number of anilines is 1. The Morgan fingerprint density at radius 2 is 1.95 bits per heavy atom. The van der Waals surface area contributed by atoms with Crippen molar-refractivity contribution in [1.29, 1.82) is 0 Å². The fourth-order valence-electron chi connectivity index (χ4n) is 2.53. The molecule has 20 heavy (non-hydrogen) atoms. The molecule has 1 heterocycles. The lowest BCUT2D eigenvalue weighted by atomic mass is 9.96. The number of aromatic nitrogens is 2. The number of nitrogens with two attached hydrogens (primary N) is 2. The number of hydrogen-bond acceptors (Lipinski definition) is 4. The van der Waals surface area contributed by atoms with Crippen LogP contribution < -0.4 is 17.0 Å². The van der Waals surface area contributed by atoms with Crippen molar-refractivity contribution in [2.75, 3.05) is 5.73 Å². The zero-order valence-corrected chi connectivity index (χ0v) is 11.0. The largest absolute Gasteiger partial charge is 0.384 e. The number of hydrogen-bond donors (Lipinski definition) is 4. The van der Waals surface area contributed by atoms with Gasteiger partial charge >= 0.3 is 0 Å². The average Bonchev–Trinajstić information content (AvgIpc) is 2.91. The Morgan fingerprint density at radius 1 is 1.15 bits per heavy atom. The van der Waals surface area contributed by atoms with Crippen LogP contribution in [0.25, 0.3) is 10.8 Å². The SMILES string of the molecule is NNC(Cc1cccc2ccccc12)c1cn[nH]c1N. The standard InChI is InChI=1S/C15H17N5/c16-15-13(9-18-20-15)14(19-17)8-11-6-3-5-10-4-1-2-7-12(10)11/h1-7,9,14,19H,8,17H2,(H3,16,18,20). The van der Waals surface area contributed by atoms with Gasteiger partial charge in [0.15, 0.2) is 0 Å². The van der Waals surface area contributed by atoms with Crippen LogP contribution in [0, 0.1) is 0 Å². The van der Waals surface area contributed by atoms with Gasteiger partial charge in [-0.3, -0.25) is 16.4 Å². The Labute approximate surface area is 116 Å². The molecular formula is C15H17N5. The van der Waals surface area contributed by atoms with E-state index in [2.05, 4.69) is 46.0 Å². The first kappa shape index (κ1) is 12.7. The third kappa shape index (κ3) is 2.24. The first-order chi connectivity index (χ1) is 9.79. The Kier molecular flexibility index (Phi) is 3.37. The van der Waals surface area contributed by atoms with Gasteiger partial charge in [0.2, 0.25) is 0 Å². The van der Waals surface area contributed by atoms with Gasteiger partial charge < -0.3 is 5.73 Å². The highest BCUT2D eigenvalue weighted by Crippen LogP contribution is 2.25. The highest BCUT2D eigenvalue weighted by Gasteiger charge is 2.16. The van der Waals surface area contributed by atoms with Gasteiger partial charge in [-0.15, -0.1) is 0 Å². The normalized spacial score (nSPS) is 12.7. The molecule has 0 aliphatic rings. The van der Waals surface area contributed by atoms with E-state index in [0.29, 0.717) is 5.82 Å². The van der Waals surface area contributed by atoms with Gasteiger partial charge in [-0.05, 0) is 22.8 Å². The maximum absolute atomic E-state index is 5.87. The maximum atomic E-state index is 5.87. The molecular weight excluding hydrogens is 250 g/mol. The first-order valence-electron chi connectivity index (χ1n) is 6.51. The summed E-state index contributed by atoms with van der Waals surface area (Å²) in [5.74, 6) is 6.23. The fourth-order valence-corrected chi connectivity index (χ4v) is 2.53. The van der Waals surface area contributed by atoms with E-state index in [0.717, 1.165) is 12.0 Å². The molecule has 102 valence electrons. The number of nitrogen functional groups attached to an aromatic ring is 1. The minimum absolute atomic E-state index is 0.0699. The van der Waals surface area contributed by atoms with E-state index in [1.807, 2.05) is 12.1 Å². The van der Waals surface area contributed by atoms with Gasteiger partial charge in [-0.2, -0.15) is 5.10 Å². The molecule has 1 aromatic heterocycles. The molecule has 0 aliphatic carbocycles. The molecule has 0 saturated carbocycles. The minimum atomic E-state index is -0.0699. The lowest BCUT2D eigenvalue weighted by Crippen LogP contribution is -2.29. The summed E-state index contributed by atoms with van der Waals surface area (Å²) in [6.45, 7) is 0. The molecule has 0 aliphatic heterocycles. The van der Waals surface area contributed by atoms with Crippen molar-refractivity contribution in [3.63, 3.8) is 0 Å². The van der Waals surface area contributed by atoms with E-state index in [4.69, 9.17) is 11.6 Å². The van der Waals surface area contributed by atoms with Gasteiger partial charge in [0, 0.05) is 5.56 Å². The second kappa shape index (κ2) is 5.32. The van der Waals surface area contributed by atoms with Crippen LogP contribution in [-0.2, 0) is 6.42 Å². The summed E-state index contributed by atoms with van der Waals surface area (Å²) >= 11 is 0. The zero-order chi connectivity index (χ0) is 13.9. The summed E-state index contributed by atoms with van der Waals surface area (Å²) in [6, 6.07) is 14.5. The van der Waals surface area contributed by atoms with Crippen molar-refractivity contribution in [1.82, 2.24) is 15.6 Å². The lowest BCUT2D eigenvalue weighted by Gasteiger charge is -2.16. The molecule has 0 amide bonds. The number of benzene rings is 2. The molecule has 0 bridgehead atoms. The summed E-state index contributed by atoms with van der Waals surface area (Å²) < 4.78 is 0. The highest BCUT2D eigenvalue weighted by atomic mass is 15.2. The number of rotatable bonds is 4. The minimum Gasteiger partial charge on any atom is -0.384 e. The van der Waals surface area contributed by atoms with Crippen LogP contribution in [0.4, 0.5) is 5.82 Å². The van der Waals surface area contributed by atoms with E-state index in [9.17, 15) is 0 Å². The maximum Gasteiger partial charge on any atom is 0.123 e. The molecule has 0 fully saturated rings. The Balaban J connectivity index is 1.98. The van der Waals surface area contributed by atoms with Crippen molar-refractivity contribution in [3.8, 4) is 0 Å². The Morgan fingerprint density at radius 3 is 2.70 bits per heavy atom. The number of nitrogens with one attached hydrogen (secondary N) is 2. The van der Waals surface area contributed by atoms with E-state index in [-0.39, 0.29) is 6.04 Å². The molecule has 0 radical (unpaired) electrons. The van der Waals surface area contributed by atoms with Gasteiger partial charge in [0.05, 0.1) is 12.2 Å². The van der Waals surface area contributed by atoms with Gasteiger partial charge in [-0.1, -0.05) is 42.5 Å². The molecule has 3 aromatic rings. The average molecular weight is 267 g/mol. The van der Waals surface area contributed by atoms with Crippen LogP contribution in [0.2, 0.25) is 0 Å². The van der Waals surface area contributed by atoms with Gasteiger partial charge in [0.1, 0.15) is 5.82 Å². The number of fused-ring (bicyclic) bond motifs is 1. The van der Waals surface area contributed by atoms with E-state index < -0.39 is 0 Å². The summed E-state index contributed by atoms with van der Waals surface area (Å²) in [5.41, 5.74) is 10.8. The molecule has 1 atom stereocenters. The fraction of sp³-hybridized carbons (Fsp3) is 0.133. The van der Waals surface area contributed by atoms with Crippen LogP contribution in [0.5, 0.6) is 0 Å².